The lowest BCUT2D eigenvalue weighted by molar-refractivity contribution is 0.196. The molecule has 0 aliphatic carbocycles. The largest absolute Gasteiger partial charge is 0.350 e. The standard InChI is InChI=1S/C11H22F2N2O2S/c1-11(2,3)14-7-9-5-4-6-15(8-9)18(16,17)10(12)13/h9-10,14H,4-8H2,1-3H3. The van der Waals surface area contributed by atoms with Gasteiger partial charge in [0.2, 0.25) is 0 Å². The van der Waals surface area contributed by atoms with E-state index in [-0.39, 0.29) is 24.5 Å². The van der Waals surface area contributed by atoms with Crippen LogP contribution in [-0.4, -0.2) is 43.7 Å². The van der Waals surface area contributed by atoms with Crippen LogP contribution in [0.3, 0.4) is 0 Å². The van der Waals surface area contributed by atoms with Gasteiger partial charge in [-0.15, -0.1) is 0 Å². The smallest absolute Gasteiger partial charge is 0.312 e. The van der Waals surface area contributed by atoms with Crippen molar-refractivity contribution in [3.8, 4) is 0 Å². The van der Waals surface area contributed by atoms with Crippen LogP contribution in [0.5, 0.6) is 0 Å². The Kier molecular flexibility index (Phi) is 5.08. The molecule has 1 rings (SSSR count). The minimum atomic E-state index is -4.41. The van der Waals surface area contributed by atoms with Crippen LogP contribution in [-0.2, 0) is 10.0 Å². The minimum Gasteiger partial charge on any atom is -0.312 e. The lowest BCUT2D eigenvalue weighted by Crippen LogP contribution is -2.47. The molecule has 0 aromatic carbocycles. The van der Waals surface area contributed by atoms with Crippen LogP contribution < -0.4 is 5.32 Å². The van der Waals surface area contributed by atoms with Crippen molar-refractivity contribution in [2.24, 2.45) is 5.92 Å². The van der Waals surface area contributed by atoms with E-state index in [1.165, 1.54) is 0 Å². The van der Waals surface area contributed by atoms with Crippen LogP contribution in [0.2, 0.25) is 0 Å². The lowest BCUT2D eigenvalue weighted by Gasteiger charge is -2.33. The fraction of sp³-hybridized carbons (Fsp3) is 1.00. The summed E-state index contributed by atoms with van der Waals surface area (Å²) in [6.45, 7) is 7.10. The number of rotatable bonds is 4. The zero-order valence-corrected chi connectivity index (χ0v) is 11.9. The first-order valence-corrected chi connectivity index (χ1v) is 7.65. The summed E-state index contributed by atoms with van der Waals surface area (Å²) in [5, 5.41) is 3.28. The molecule has 1 aliphatic heterocycles. The molecular weight excluding hydrogens is 262 g/mol. The summed E-state index contributed by atoms with van der Waals surface area (Å²) in [5.41, 5.74) is -0.0517. The van der Waals surface area contributed by atoms with Crippen molar-refractivity contribution >= 4 is 10.0 Å². The molecule has 0 saturated carbocycles. The first-order chi connectivity index (χ1) is 8.13. The molecule has 1 fully saturated rings. The maximum atomic E-state index is 12.5. The predicted molar refractivity (Wildman–Crippen MR) is 67.0 cm³/mol. The Bertz CT molecular complexity index is 366. The second kappa shape index (κ2) is 5.79. The molecule has 1 unspecified atom stereocenters. The van der Waals surface area contributed by atoms with E-state index in [4.69, 9.17) is 0 Å². The molecular formula is C11H22F2N2O2S. The lowest BCUT2D eigenvalue weighted by atomic mass is 9.98. The first-order valence-electron chi connectivity index (χ1n) is 6.15. The van der Waals surface area contributed by atoms with Gasteiger partial charge in [0.25, 0.3) is 10.0 Å². The van der Waals surface area contributed by atoms with Crippen molar-refractivity contribution in [1.29, 1.82) is 0 Å². The van der Waals surface area contributed by atoms with Crippen molar-refractivity contribution < 1.29 is 17.2 Å². The molecule has 0 radical (unpaired) electrons. The highest BCUT2D eigenvalue weighted by molar-refractivity contribution is 7.89. The van der Waals surface area contributed by atoms with E-state index >= 15 is 0 Å². The van der Waals surface area contributed by atoms with Gasteiger partial charge in [0.05, 0.1) is 0 Å². The van der Waals surface area contributed by atoms with Crippen molar-refractivity contribution in [1.82, 2.24) is 9.62 Å². The summed E-state index contributed by atoms with van der Waals surface area (Å²) < 4.78 is 48.6. The molecule has 18 heavy (non-hydrogen) atoms. The average Bonchev–Trinajstić information content (AvgIpc) is 2.25. The van der Waals surface area contributed by atoms with Crippen LogP contribution in [0, 0.1) is 5.92 Å². The van der Waals surface area contributed by atoms with Gasteiger partial charge in [0, 0.05) is 18.6 Å². The van der Waals surface area contributed by atoms with E-state index in [9.17, 15) is 17.2 Å². The van der Waals surface area contributed by atoms with Gasteiger partial charge in [-0.25, -0.2) is 8.42 Å². The highest BCUT2D eigenvalue weighted by Crippen LogP contribution is 2.22. The fourth-order valence-corrected chi connectivity index (χ4v) is 3.02. The summed E-state index contributed by atoms with van der Waals surface area (Å²) in [6, 6.07) is 0. The Hall–Kier alpha value is -0.270. The number of nitrogens with one attached hydrogen (secondary N) is 1. The predicted octanol–water partition coefficient (Wildman–Crippen LogP) is 1.64. The van der Waals surface area contributed by atoms with Gasteiger partial charge in [-0.1, -0.05) is 0 Å². The summed E-state index contributed by atoms with van der Waals surface area (Å²) in [7, 11) is -4.41. The number of hydrogen-bond donors (Lipinski definition) is 1. The van der Waals surface area contributed by atoms with Crippen molar-refractivity contribution in [3.05, 3.63) is 0 Å². The number of nitrogens with zero attached hydrogens (tertiary/aromatic N) is 1. The Labute approximate surface area is 108 Å². The van der Waals surface area contributed by atoms with Crippen LogP contribution >= 0.6 is 0 Å². The zero-order chi connectivity index (χ0) is 14.0. The van der Waals surface area contributed by atoms with E-state index in [0.29, 0.717) is 13.0 Å². The summed E-state index contributed by atoms with van der Waals surface area (Å²) in [5.74, 6) is -3.21. The summed E-state index contributed by atoms with van der Waals surface area (Å²) in [6.07, 6.45) is 1.51. The SMILES string of the molecule is CC(C)(C)NCC1CCCN(S(=O)(=O)C(F)F)C1. The molecule has 0 aromatic heterocycles. The molecule has 1 heterocycles. The van der Waals surface area contributed by atoms with Crippen LogP contribution in [0.15, 0.2) is 0 Å². The van der Waals surface area contributed by atoms with Gasteiger partial charge in [-0.3, -0.25) is 0 Å². The zero-order valence-electron chi connectivity index (χ0n) is 11.1. The molecule has 0 spiro atoms. The van der Waals surface area contributed by atoms with Crippen LogP contribution in [0.25, 0.3) is 0 Å². The van der Waals surface area contributed by atoms with Crippen LogP contribution in [0.1, 0.15) is 33.6 Å². The number of hydrogen-bond acceptors (Lipinski definition) is 3. The second-order valence-electron chi connectivity index (χ2n) is 5.80. The van der Waals surface area contributed by atoms with E-state index in [0.717, 1.165) is 10.7 Å². The molecule has 4 nitrogen and oxygen atoms in total. The molecule has 1 aliphatic rings. The minimum absolute atomic E-state index is 0.0517. The number of halogens is 2. The second-order valence-corrected chi connectivity index (χ2v) is 7.71. The molecule has 0 aromatic rings. The molecule has 0 bridgehead atoms. The molecule has 108 valence electrons. The Morgan fingerprint density at radius 2 is 2.00 bits per heavy atom. The van der Waals surface area contributed by atoms with E-state index in [1.807, 2.05) is 20.8 Å². The maximum absolute atomic E-state index is 12.5. The molecule has 1 N–H and O–H groups in total. The van der Waals surface area contributed by atoms with Gasteiger partial charge in [0.15, 0.2) is 0 Å². The molecule has 1 saturated heterocycles. The van der Waals surface area contributed by atoms with Crippen molar-refractivity contribution in [2.75, 3.05) is 19.6 Å². The topological polar surface area (TPSA) is 49.4 Å². The van der Waals surface area contributed by atoms with Gasteiger partial charge in [-0.2, -0.15) is 13.1 Å². The monoisotopic (exact) mass is 284 g/mol. The molecule has 7 heteroatoms. The Morgan fingerprint density at radius 1 is 1.39 bits per heavy atom. The quantitative estimate of drug-likeness (QED) is 0.854. The third kappa shape index (κ3) is 4.44. The summed E-state index contributed by atoms with van der Waals surface area (Å²) >= 11 is 0. The number of alkyl halides is 2. The summed E-state index contributed by atoms with van der Waals surface area (Å²) in [4.78, 5) is 0. The Morgan fingerprint density at radius 3 is 2.50 bits per heavy atom. The van der Waals surface area contributed by atoms with E-state index < -0.39 is 15.8 Å². The third-order valence-electron chi connectivity index (χ3n) is 2.99. The normalized spacial score (nSPS) is 23.6. The van der Waals surface area contributed by atoms with Gasteiger partial charge in [0.1, 0.15) is 0 Å². The fourth-order valence-electron chi connectivity index (χ4n) is 1.99. The molecule has 0 amide bonds. The third-order valence-corrected chi connectivity index (χ3v) is 4.49. The first kappa shape index (κ1) is 15.8. The number of sulfonamides is 1. The average molecular weight is 284 g/mol. The maximum Gasteiger partial charge on any atom is 0.350 e. The van der Waals surface area contributed by atoms with Crippen molar-refractivity contribution in [3.63, 3.8) is 0 Å². The van der Waals surface area contributed by atoms with Crippen LogP contribution in [0.4, 0.5) is 8.78 Å². The highest BCUT2D eigenvalue weighted by Gasteiger charge is 2.35. The number of piperidine rings is 1. The highest BCUT2D eigenvalue weighted by atomic mass is 32.2. The molecule has 1 atom stereocenters. The van der Waals surface area contributed by atoms with E-state index in [1.54, 1.807) is 0 Å². The van der Waals surface area contributed by atoms with Crippen molar-refractivity contribution in [2.45, 2.75) is 44.9 Å². The van der Waals surface area contributed by atoms with E-state index in [2.05, 4.69) is 5.32 Å². The van der Waals surface area contributed by atoms with Gasteiger partial charge < -0.3 is 5.32 Å². The Balaban J connectivity index is 2.57. The van der Waals surface area contributed by atoms with Gasteiger partial charge in [-0.05, 0) is 46.1 Å². The van der Waals surface area contributed by atoms with Gasteiger partial charge >= 0.3 is 5.76 Å².